The first-order chi connectivity index (χ1) is 12.3. The van der Waals surface area contributed by atoms with Crippen LogP contribution in [0.15, 0.2) is 42.5 Å². The molecule has 1 N–H and O–H groups in total. The summed E-state index contributed by atoms with van der Waals surface area (Å²) in [6.07, 6.45) is -0.978. The van der Waals surface area contributed by atoms with Gasteiger partial charge >= 0.3 is 5.97 Å². The summed E-state index contributed by atoms with van der Waals surface area (Å²) < 4.78 is 18.2. The highest BCUT2D eigenvalue weighted by molar-refractivity contribution is 6.01. The Kier molecular flexibility index (Phi) is 6.22. The topological polar surface area (TPSA) is 72.5 Å². The first-order valence-corrected chi connectivity index (χ1v) is 8.12. The fourth-order valence-electron chi connectivity index (χ4n) is 2.40. The molecule has 1 atom stereocenters. The Balaban J connectivity index is 1.91. The van der Waals surface area contributed by atoms with Gasteiger partial charge in [-0.25, -0.2) is 4.39 Å². The average Bonchev–Trinajstić information content (AvgIpc) is 2.61. The van der Waals surface area contributed by atoms with E-state index >= 15 is 0 Å². The molecule has 2 rings (SSSR count). The maximum atomic E-state index is 13.1. The van der Waals surface area contributed by atoms with Crippen LogP contribution in [0.5, 0.6) is 0 Å². The minimum atomic E-state index is -0.978. The highest BCUT2D eigenvalue weighted by Gasteiger charge is 2.21. The number of aryl methyl sites for hydroxylation is 2. The Hall–Kier alpha value is -3.02. The second-order valence-corrected chi connectivity index (χ2v) is 6.01. The van der Waals surface area contributed by atoms with Gasteiger partial charge in [0.15, 0.2) is 6.10 Å². The van der Waals surface area contributed by atoms with Crippen LogP contribution in [0, 0.1) is 19.7 Å². The summed E-state index contributed by atoms with van der Waals surface area (Å²) in [5, 5.41) is 2.34. The number of esters is 1. The van der Waals surface area contributed by atoms with Gasteiger partial charge in [-0.3, -0.25) is 14.4 Å². The number of ketones is 1. The number of rotatable bonds is 6. The quantitative estimate of drug-likeness (QED) is 0.637. The van der Waals surface area contributed by atoms with Crippen molar-refractivity contribution in [3.63, 3.8) is 0 Å². The van der Waals surface area contributed by atoms with Gasteiger partial charge in [-0.15, -0.1) is 0 Å². The van der Waals surface area contributed by atoms with E-state index in [-0.39, 0.29) is 11.3 Å². The third kappa shape index (κ3) is 4.99. The van der Waals surface area contributed by atoms with Crippen LogP contribution in [0.4, 0.5) is 4.39 Å². The molecule has 0 radical (unpaired) electrons. The molecule has 0 aliphatic carbocycles. The molecule has 26 heavy (non-hydrogen) atoms. The Morgan fingerprint density at radius 1 is 1.12 bits per heavy atom. The van der Waals surface area contributed by atoms with Crippen molar-refractivity contribution in [3.8, 4) is 0 Å². The zero-order chi connectivity index (χ0) is 19.3. The van der Waals surface area contributed by atoms with E-state index in [0.29, 0.717) is 5.56 Å². The molecule has 0 aromatic heterocycles. The minimum absolute atomic E-state index is 0.0947. The van der Waals surface area contributed by atoms with Crippen LogP contribution in [0.3, 0.4) is 0 Å². The summed E-state index contributed by atoms with van der Waals surface area (Å²) in [4.78, 5) is 36.2. The van der Waals surface area contributed by atoms with Crippen LogP contribution in [0.2, 0.25) is 0 Å². The Morgan fingerprint density at radius 2 is 1.85 bits per heavy atom. The predicted molar refractivity (Wildman–Crippen MR) is 94.5 cm³/mol. The van der Waals surface area contributed by atoms with Crippen molar-refractivity contribution in [1.82, 2.24) is 5.32 Å². The third-order valence-corrected chi connectivity index (χ3v) is 3.82. The van der Waals surface area contributed by atoms with Crippen molar-refractivity contribution < 1.29 is 23.5 Å². The summed E-state index contributed by atoms with van der Waals surface area (Å²) in [6.45, 7) is 4.74. The standard InChI is InChI=1S/C20H20FNO4/c1-12-7-8-13(2)17(9-12)19(24)14(3)26-18(23)11-22-20(25)15-5-4-6-16(21)10-15/h4-10,14H,11H2,1-3H3,(H,22,25)/t14-/m1/s1. The van der Waals surface area contributed by atoms with Crippen LogP contribution in [-0.4, -0.2) is 30.3 Å². The van der Waals surface area contributed by atoms with Gasteiger partial charge in [0.2, 0.25) is 5.78 Å². The largest absolute Gasteiger partial charge is 0.453 e. The number of halogens is 1. The number of hydrogen-bond donors (Lipinski definition) is 1. The number of nitrogens with one attached hydrogen (secondary N) is 1. The van der Waals surface area contributed by atoms with Gasteiger partial charge in [-0.1, -0.05) is 23.8 Å². The predicted octanol–water partition coefficient (Wildman–Crippen LogP) is 2.99. The van der Waals surface area contributed by atoms with E-state index in [1.807, 2.05) is 19.1 Å². The zero-order valence-corrected chi connectivity index (χ0v) is 14.8. The third-order valence-electron chi connectivity index (χ3n) is 3.82. The normalized spacial score (nSPS) is 11.5. The second kappa shape index (κ2) is 8.38. The number of Topliss-reactive ketones (excluding diaryl/α,β-unsaturated/α-hetero) is 1. The van der Waals surface area contributed by atoms with Crippen molar-refractivity contribution in [2.45, 2.75) is 26.9 Å². The van der Waals surface area contributed by atoms with Crippen LogP contribution >= 0.6 is 0 Å². The maximum absolute atomic E-state index is 13.1. The number of ether oxygens (including phenoxy) is 1. The van der Waals surface area contributed by atoms with Gasteiger partial charge in [0.05, 0.1) is 0 Å². The summed E-state index contributed by atoms with van der Waals surface area (Å²) in [7, 11) is 0. The van der Waals surface area contributed by atoms with E-state index in [9.17, 15) is 18.8 Å². The van der Waals surface area contributed by atoms with Crippen molar-refractivity contribution in [2.24, 2.45) is 0 Å². The fraction of sp³-hybridized carbons (Fsp3) is 0.250. The molecule has 2 aromatic rings. The highest BCUT2D eigenvalue weighted by Crippen LogP contribution is 2.14. The van der Waals surface area contributed by atoms with E-state index in [4.69, 9.17) is 4.74 Å². The molecule has 5 nitrogen and oxygen atoms in total. The van der Waals surface area contributed by atoms with Gasteiger partial charge in [-0.05, 0) is 50.6 Å². The lowest BCUT2D eigenvalue weighted by molar-refractivity contribution is -0.145. The summed E-state index contributed by atoms with van der Waals surface area (Å²) in [6, 6.07) is 10.6. The minimum Gasteiger partial charge on any atom is -0.453 e. The Labute approximate surface area is 151 Å². The molecule has 0 saturated carbocycles. The number of benzene rings is 2. The maximum Gasteiger partial charge on any atom is 0.326 e. The number of hydrogen-bond acceptors (Lipinski definition) is 4. The zero-order valence-electron chi connectivity index (χ0n) is 14.8. The molecule has 0 unspecified atom stereocenters. The van der Waals surface area contributed by atoms with E-state index in [0.717, 1.165) is 17.2 Å². The molecule has 0 spiro atoms. The summed E-state index contributed by atoms with van der Waals surface area (Å²) >= 11 is 0. The van der Waals surface area contributed by atoms with Crippen LogP contribution in [0.25, 0.3) is 0 Å². The molecule has 6 heteroatoms. The van der Waals surface area contributed by atoms with Gasteiger partial charge < -0.3 is 10.1 Å². The molecule has 136 valence electrons. The van der Waals surface area contributed by atoms with Gasteiger partial charge in [-0.2, -0.15) is 0 Å². The van der Waals surface area contributed by atoms with Gasteiger partial charge in [0.1, 0.15) is 12.4 Å². The lowest BCUT2D eigenvalue weighted by Gasteiger charge is -2.14. The molecule has 0 bridgehead atoms. The molecule has 0 saturated heterocycles. The van der Waals surface area contributed by atoms with Gasteiger partial charge in [0, 0.05) is 11.1 Å². The molecular weight excluding hydrogens is 337 g/mol. The van der Waals surface area contributed by atoms with Crippen LogP contribution < -0.4 is 5.32 Å². The van der Waals surface area contributed by atoms with Crippen molar-refractivity contribution in [2.75, 3.05) is 6.54 Å². The molecule has 0 aliphatic heterocycles. The second-order valence-electron chi connectivity index (χ2n) is 6.01. The van der Waals surface area contributed by atoms with E-state index in [1.54, 1.807) is 13.0 Å². The van der Waals surface area contributed by atoms with Crippen molar-refractivity contribution in [3.05, 3.63) is 70.5 Å². The molecule has 2 aromatic carbocycles. The first kappa shape index (κ1) is 19.3. The summed E-state index contributed by atoms with van der Waals surface area (Å²) in [5.41, 5.74) is 2.31. The Morgan fingerprint density at radius 3 is 2.54 bits per heavy atom. The number of carbonyl (C=O) groups excluding carboxylic acids is 3. The monoisotopic (exact) mass is 357 g/mol. The SMILES string of the molecule is Cc1ccc(C)c(C(=O)[C@@H](C)OC(=O)CNC(=O)c2cccc(F)c2)c1. The van der Waals surface area contributed by atoms with Gasteiger partial charge in [0.25, 0.3) is 5.91 Å². The molecule has 0 heterocycles. The van der Waals surface area contributed by atoms with Crippen molar-refractivity contribution in [1.29, 1.82) is 0 Å². The summed E-state index contributed by atoms with van der Waals surface area (Å²) in [5.74, 6) is -2.21. The highest BCUT2D eigenvalue weighted by atomic mass is 19.1. The lowest BCUT2D eigenvalue weighted by Crippen LogP contribution is -2.34. The molecular formula is C20H20FNO4. The van der Waals surface area contributed by atoms with Crippen LogP contribution in [-0.2, 0) is 9.53 Å². The average molecular weight is 357 g/mol. The first-order valence-electron chi connectivity index (χ1n) is 8.12. The molecule has 1 amide bonds. The molecule has 0 fully saturated rings. The fourth-order valence-corrected chi connectivity index (χ4v) is 2.40. The van der Waals surface area contributed by atoms with E-state index in [2.05, 4.69) is 5.32 Å². The Bertz CT molecular complexity index is 847. The molecule has 0 aliphatic rings. The number of carbonyl (C=O) groups is 3. The van der Waals surface area contributed by atoms with E-state index in [1.165, 1.54) is 25.1 Å². The van der Waals surface area contributed by atoms with Crippen molar-refractivity contribution >= 4 is 17.7 Å². The lowest BCUT2D eigenvalue weighted by atomic mass is 9.99. The number of amides is 1. The van der Waals surface area contributed by atoms with Crippen LogP contribution in [0.1, 0.15) is 38.8 Å². The smallest absolute Gasteiger partial charge is 0.326 e. The van der Waals surface area contributed by atoms with E-state index < -0.39 is 30.3 Å².